The first-order chi connectivity index (χ1) is 12.0. The Morgan fingerprint density at radius 3 is 2.32 bits per heavy atom. The maximum absolute atomic E-state index is 14.6. The zero-order valence-electron chi connectivity index (χ0n) is 13.7. The Bertz CT molecular complexity index is 662. The largest absolute Gasteiger partial charge is 0.441 e. The van der Waals surface area contributed by atoms with Crippen molar-refractivity contribution in [3.8, 4) is 0 Å². The lowest BCUT2D eigenvalue weighted by Crippen LogP contribution is -2.51. The summed E-state index contributed by atoms with van der Waals surface area (Å²) in [6.45, 7) is 2.36. The van der Waals surface area contributed by atoms with E-state index in [0.29, 0.717) is 13.1 Å². The smallest absolute Gasteiger partial charge is 0.414 e. The van der Waals surface area contributed by atoms with Crippen molar-refractivity contribution in [3.05, 3.63) is 23.8 Å². The molecule has 1 aromatic rings. The van der Waals surface area contributed by atoms with Crippen molar-refractivity contribution in [1.82, 2.24) is 0 Å². The van der Waals surface area contributed by atoms with Gasteiger partial charge in [0.05, 0.1) is 32.1 Å². The van der Waals surface area contributed by atoms with Gasteiger partial charge >= 0.3 is 6.09 Å². The standard InChI is InChI=1S/C17H20F2N2O4/c18-13-5-11(21-7-12(8-22)25-16(21)23)6-14(19)15(13)20-3-1-17(2-4-20)9-24-10-17/h5-6,12,22H,1-4,7-10H2. The molecule has 6 nitrogen and oxygen atoms in total. The summed E-state index contributed by atoms with van der Waals surface area (Å²) in [5.41, 5.74) is 0.229. The van der Waals surface area contributed by atoms with Crippen LogP contribution in [0.25, 0.3) is 0 Å². The highest BCUT2D eigenvalue weighted by Gasteiger charge is 2.42. The average Bonchev–Trinajstić information content (AvgIpc) is 2.94. The molecule has 8 heteroatoms. The van der Waals surface area contributed by atoms with Crippen LogP contribution >= 0.6 is 0 Å². The Morgan fingerprint density at radius 2 is 1.84 bits per heavy atom. The Labute approximate surface area is 143 Å². The summed E-state index contributed by atoms with van der Waals surface area (Å²) in [7, 11) is 0. The normalized spacial score (nSPS) is 25.2. The molecule has 3 heterocycles. The average molecular weight is 354 g/mol. The first-order valence-corrected chi connectivity index (χ1v) is 8.42. The maximum atomic E-state index is 14.6. The van der Waals surface area contributed by atoms with Gasteiger partial charge in [0.25, 0.3) is 0 Å². The molecule has 4 rings (SSSR count). The van der Waals surface area contributed by atoms with Gasteiger partial charge in [0.15, 0.2) is 11.6 Å². The molecule has 0 aromatic heterocycles. The van der Waals surface area contributed by atoms with Gasteiger partial charge in [-0.15, -0.1) is 0 Å². The molecule has 136 valence electrons. The molecule has 0 bridgehead atoms. The van der Waals surface area contributed by atoms with Crippen molar-refractivity contribution >= 4 is 17.5 Å². The predicted molar refractivity (Wildman–Crippen MR) is 85.8 cm³/mol. The Morgan fingerprint density at radius 1 is 1.20 bits per heavy atom. The summed E-state index contributed by atoms with van der Waals surface area (Å²) in [6.07, 6.45) is 0.311. The van der Waals surface area contributed by atoms with Crippen molar-refractivity contribution in [2.24, 2.45) is 5.41 Å². The van der Waals surface area contributed by atoms with Crippen molar-refractivity contribution in [2.75, 3.05) is 49.3 Å². The molecule has 0 saturated carbocycles. The first kappa shape index (κ1) is 16.5. The predicted octanol–water partition coefficient (Wildman–Crippen LogP) is 1.90. The summed E-state index contributed by atoms with van der Waals surface area (Å²) in [5.74, 6) is -1.40. The number of benzene rings is 1. The van der Waals surface area contributed by atoms with E-state index in [1.165, 1.54) is 0 Å². The van der Waals surface area contributed by atoms with Gasteiger partial charge in [0.1, 0.15) is 11.8 Å². The molecule has 1 atom stereocenters. The van der Waals surface area contributed by atoms with E-state index in [4.69, 9.17) is 14.6 Å². The zero-order valence-corrected chi connectivity index (χ0v) is 13.7. The highest BCUT2D eigenvalue weighted by atomic mass is 19.1. The Hall–Kier alpha value is -1.93. The van der Waals surface area contributed by atoms with E-state index in [-0.39, 0.29) is 29.9 Å². The molecule has 0 radical (unpaired) electrons. The summed E-state index contributed by atoms with van der Waals surface area (Å²) in [6, 6.07) is 2.30. The highest BCUT2D eigenvalue weighted by molar-refractivity contribution is 5.90. The molecule has 3 aliphatic heterocycles. The van der Waals surface area contributed by atoms with E-state index in [1.807, 2.05) is 0 Å². The third kappa shape index (κ3) is 2.83. The molecule has 1 amide bonds. The summed E-state index contributed by atoms with van der Waals surface area (Å²) >= 11 is 0. The lowest BCUT2D eigenvalue weighted by Gasteiger charge is -2.47. The van der Waals surface area contributed by atoms with Crippen LogP contribution in [0, 0.1) is 17.0 Å². The van der Waals surface area contributed by atoms with Crippen molar-refractivity contribution in [1.29, 1.82) is 0 Å². The van der Waals surface area contributed by atoms with Crippen LogP contribution in [0.2, 0.25) is 0 Å². The van der Waals surface area contributed by atoms with Crippen LogP contribution < -0.4 is 9.80 Å². The van der Waals surface area contributed by atoms with Gasteiger partial charge < -0.3 is 19.5 Å². The molecule has 1 N–H and O–H groups in total. The second-order valence-electron chi connectivity index (χ2n) is 7.04. The number of nitrogens with zero attached hydrogens (tertiary/aromatic N) is 2. The number of piperidine rings is 1. The minimum absolute atomic E-state index is 0.0508. The molecular formula is C17H20F2N2O4. The maximum Gasteiger partial charge on any atom is 0.414 e. The number of ether oxygens (including phenoxy) is 2. The summed E-state index contributed by atoms with van der Waals surface area (Å²) in [5, 5.41) is 9.07. The molecule has 25 heavy (non-hydrogen) atoms. The minimum atomic E-state index is -0.713. The van der Waals surface area contributed by atoms with Crippen LogP contribution in [-0.4, -0.2) is 56.8 Å². The lowest BCUT2D eigenvalue weighted by atomic mass is 9.77. The molecule has 1 aromatic carbocycles. The molecule has 1 spiro atoms. The van der Waals surface area contributed by atoms with Crippen LogP contribution in [-0.2, 0) is 9.47 Å². The van der Waals surface area contributed by atoms with Gasteiger partial charge in [0, 0.05) is 30.6 Å². The quantitative estimate of drug-likeness (QED) is 0.898. The Kier molecular flexibility index (Phi) is 4.04. The SMILES string of the molecule is O=C1OC(CO)CN1c1cc(F)c(N2CCC3(CC2)COC3)c(F)c1. The van der Waals surface area contributed by atoms with Gasteiger partial charge in [-0.3, -0.25) is 4.90 Å². The number of anilines is 2. The number of carbonyl (C=O) groups is 1. The van der Waals surface area contributed by atoms with Crippen LogP contribution in [0.1, 0.15) is 12.8 Å². The van der Waals surface area contributed by atoms with Gasteiger partial charge in [-0.25, -0.2) is 13.6 Å². The second-order valence-corrected chi connectivity index (χ2v) is 7.04. The molecular weight excluding hydrogens is 334 g/mol. The van der Waals surface area contributed by atoms with Crippen LogP contribution in [0.15, 0.2) is 12.1 Å². The van der Waals surface area contributed by atoms with Gasteiger partial charge in [0.2, 0.25) is 0 Å². The third-order valence-electron chi connectivity index (χ3n) is 5.35. The van der Waals surface area contributed by atoms with Gasteiger partial charge in [-0.1, -0.05) is 0 Å². The summed E-state index contributed by atoms with van der Waals surface area (Å²) < 4.78 is 39.4. The number of cyclic esters (lactones) is 1. The number of aliphatic hydroxyl groups is 1. The number of rotatable bonds is 3. The molecule has 0 aliphatic carbocycles. The monoisotopic (exact) mass is 354 g/mol. The van der Waals surface area contributed by atoms with Crippen molar-refractivity contribution < 1.29 is 28.2 Å². The number of halogens is 2. The second kappa shape index (κ2) is 6.10. The van der Waals surface area contributed by atoms with Crippen LogP contribution in [0.4, 0.5) is 25.0 Å². The molecule has 3 fully saturated rings. The van der Waals surface area contributed by atoms with E-state index in [9.17, 15) is 13.6 Å². The number of carbonyl (C=O) groups excluding carboxylic acids is 1. The van der Waals surface area contributed by atoms with E-state index in [0.717, 1.165) is 43.1 Å². The molecule has 1 unspecified atom stereocenters. The van der Waals surface area contributed by atoms with E-state index < -0.39 is 23.8 Å². The van der Waals surface area contributed by atoms with Gasteiger partial charge in [-0.2, -0.15) is 0 Å². The zero-order chi connectivity index (χ0) is 17.6. The topological polar surface area (TPSA) is 62.2 Å². The number of aliphatic hydroxyl groups excluding tert-OH is 1. The van der Waals surface area contributed by atoms with E-state index in [1.54, 1.807) is 4.90 Å². The van der Waals surface area contributed by atoms with Crippen LogP contribution in [0.5, 0.6) is 0 Å². The lowest BCUT2D eigenvalue weighted by molar-refractivity contribution is -0.124. The van der Waals surface area contributed by atoms with E-state index >= 15 is 0 Å². The van der Waals surface area contributed by atoms with E-state index in [2.05, 4.69) is 0 Å². The van der Waals surface area contributed by atoms with Gasteiger partial charge in [-0.05, 0) is 12.8 Å². The highest BCUT2D eigenvalue weighted by Crippen LogP contribution is 2.41. The number of amides is 1. The van der Waals surface area contributed by atoms with Crippen LogP contribution in [0.3, 0.4) is 0 Å². The third-order valence-corrected chi connectivity index (χ3v) is 5.35. The summed E-state index contributed by atoms with van der Waals surface area (Å²) in [4.78, 5) is 14.6. The number of hydrogen-bond acceptors (Lipinski definition) is 5. The fourth-order valence-corrected chi connectivity index (χ4v) is 3.72. The molecule has 3 aliphatic rings. The minimum Gasteiger partial charge on any atom is -0.441 e. The fraction of sp³-hybridized carbons (Fsp3) is 0.588. The fourth-order valence-electron chi connectivity index (χ4n) is 3.72. The molecule has 3 saturated heterocycles. The number of hydrogen-bond donors (Lipinski definition) is 1. The Balaban J connectivity index is 1.54. The van der Waals surface area contributed by atoms with Crippen molar-refractivity contribution in [2.45, 2.75) is 18.9 Å². The first-order valence-electron chi connectivity index (χ1n) is 8.42. The van der Waals surface area contributed by atoms with Crippen molar-refractivity contribution in [3.63, 3.8) is 0 Å².